The number of nitrogens with two attached hydrogens (primary N) is 1. The molecule has 6 heteroatoms. The van der Waals surface area contributed by atoms with Gasteiger partial charge in [-0.05, 0) is 0 Å². The first-order valence-electron chi connectivity index (χ1n) is 4.21. The molecule has 1 unspecified atom stereocenters. The van der Waals surface area contributed by atoms with Crippen LogP contribution in [0.2, 0.25) is 0 Å². The highest BCUT2D eigenvalue weighted by Gasteiger charge is 2.21. The summed E-state index contributed by atoms with van der Waals surface area (Å²) < 4.78 is 0. The molecule has 82 valence electrons. The first-order chi connectivity index (χ1) is 6.97. The molecule has 0 bridgehead atoms. The molecule has 0 aliphatic heterocycles. The summed E-state index contributed by atoms with van der Waals surface area (Å²) in [6.45, 7) is 0. The van der Waals surface area contributed by atoms with Gasteiger partial charge in [-0.15, -0.1) is 12.3 Å². The molecule has 2 amide bonds. The smallest absolute Gasteiger partial charge is 0.326 e. The Morgan fingerprint density at radius 2 is 2.07 bits per heavy atom. The van der Waals surface area contributed by atoms with Gasteiger partial charge in [0.2, 0.25) is 11.8 Å². The first kappa shape index (κ1) is 13.0. The number of hydrogen-bond acceptors (Lipinski definition) is 3. The van der Waals surface area contributed by atoms with E-state index in [9.17, 15) is 14.4 Å². The number of carboxylic acid groups (broad SMARTS) is 1. The molecular formula is C9H12N2O4. The Kier molecular flexibility index (Phi) is 5.56. The quantitative estimate of drug-likeness (QED) is 0.482. The summed E-state index contributed by atoms with van der Waals surface area (Å²) >= 11 is 0. The van der Waals surface area contributed by atoms with Crippen molar-refractivity contribution in [1.82, 2.24) is 5.32 Å². The lowest BCUT2D eigenvalue weighted by molar-refractivity contribution is -0.143. The van der Waals surface area contributed by atoms with Crippen molar-refractivity contribution in [3.8, 4) is 12.3 Å². The highest BCUT2D eigenvalue weighted by atomic mass is 16.4. The zero-order chi connectivity index (χ0) is 11.8. The first-order valence-corrected chi connectivity index (χ1v) is 4.21. The van der Waals surface area contributed by atoms with Crippen molar-refractivity contribution in [1.29, 1.82) is 0 Å². The van der Waals surface area contributed by atoms with Crippen LogP contribution in [0.1, 0.15) is 19.3 Å². The topological polar surface area (TPSA) is 109 Å². The number of carbonyl (C=O) groups is 3. The predicted octanol–water partition coefficient (Wildman–Crippen LogP) is -1.16. The van der Waals surface area contributed by atoms with E-state index in [2.05, 4.69) is 11.2 Å². The van der Waals surface area contributed by atoms with Crippen LogP contribution in [0, 0.1) is 12.3 Å². The minimum absolute atomic E-state index is 0.0268. The normalized spacial score (nSPS) is 11.1. The van der Waals surface area contributed by atoms with Gasteiger partial charge in [-0.1, -0.05) is 0 Å². The van der Waals surface area contributed by atoms with Crippen molar-refractivity contribution < 1.29 is 19.5 Å². The minimum atomic E-state index is -1.30. The number of primary amides is 1. The fourth-order valence-electron chi connectivity index (χ4n) is 0.853. The van der Waals surface area contributed by atoms with E-state index >= 15 is 0 Å². The summed E-state index contributed by atoms with van der Waals surface area (Å²) in [7, 11) is 0. The summed E-state index contributed by atoms with van der Waals surface area (Å²) in [6.07, 6.45) is 4.74. The third-order valence-electron chi connectivity index (χ3n) is 1.54. The molecule has 0 fully saturated rings. The molecule has 6 nitrogen and oxygen atoms in total. The standard InChI is InChI=1S/C9H12N2O4/c1-2-3-4-8(13)11-6(9(14)15)5-7(10)12/h1,6H,3-5H2,(H2,10,12)(H,11,13)(H,14,15). The number of aliphatic carboxylic acids is 1. The lowest BCUT2D eigenvalue weighted by Gasteiger charge is -2.11. The van der Waals surface area contributed by atoms with Crippen molar-refractivity contribution in [3.05, 3.63) is 0 Å². The fraction of sp³-hybridized carbons (Fsp3) is 0.444. The summed E-state index contributed by atoms with van der Waals surface area (Å²) in [5.74, 6) is -0.365. The molecule has 0 aliphatic rings. The fourth-order valence-corrected chi connectivity index (χ4v) is 0.853. The lowest BCUT2D eigenvalue weighted by atomic mass is 10.2. The zero-order valence-electron chi connectivity index (χ0n) is 8.03. The molecule has 0 saturated carbocycles. The zero-order valence-corrected chi connectivity index (χ0v) is 8.03. The molecule has 0 rings (SSSR count). The Hall–Kier alpha value is -2.03. The molecule has 0 spiro atoms. The van der Waals surface area contributed by atoms with Crippen molar-refractivity contribution in [2.75, 3.05) is 0 Å². The van der Waals surface area contributed by atoms with Crippen molar-refractivity contribution in [3.63, 3.8) is 0 Å². The van der Waals surface area contributed by atoms with Gasteiger partial charge in [-0.25, -0.2) is 4.79 Å². The van der Waals surface area contributed by atoms with Gasteiger partial charge in [0.25, 0.3) is 0 Å². The van der Waals surface area contributed by atoms with E-state index in [1.54, 1.807) is 0 Å². The number of terminal acetylenes is 1. The highest BCUT2D eigenvalue weighted by Crippen LogP contribution is 1.94. The molecule has 0 aromatic rings. The molecule has 1 atom stereocenters. The van der Waals surface area contributed by atoms with Gasteiger partial charge in [0, 0.05) is 12.8 Å². The molecule has 4 N–H and O–H groups in total. The summed E-state index contributed by atoms with van der Waals surface area (Å²) in [5.41, 5.74) is 4.82. The average Bonchev–Trinajstić information content (AvgIpc) is 2.12. The Balaban J connectivity index is 4.17. The van der Waals surface area contributed by atoms with Gasteiger partial charge < -0.3 is 16.2 Å². The number of hydrogen-bond donors (Lipinski definition) is 3. The summed E-state index contributed by atoms with van der Waals surface area (Å²) in [5, 5.41) is 10.8. The largest absolute Gasteiger partial charge is 0.480 e. The maximum Gasteiger partial charge on any atom is 0.326 e. The van der Waals surface area contributed by atoms with Crippen LogP contribution in [-0.4, -0.2) is 28.9 Å². The van der Waals surface area contributed by atoms with Gasteiger partial charge >= 0.3 is 5.97 Å². The number of nitrogens with one attached hydrogen (secondary N) is 1. The second kappa shape index (κ2) is 6.43. The molecule has 0 heterocycles. The molecule has 0 aromatic heterocycles. The van der Waals surface area contributed by atoms with E-state index in [-0.39, 0.29) is 12.8 Å². The van der Waals surface area contributed by atoms with Gasteiger partial charge in [-0.3, -0.25) is 9.59 Å². The molecule has 0 saturated heterocycles. The van der Waals surface area contributed by atoms with Crippen LogP contribution >= 0.6 is 0 Å². The molecule has 0 aliphatic carbocycles. The monoisotopic (exact) mass is 212 g/mol. The predicted molar refractivity (Wildman–Crippen MR) is 51.4 cm³/mol. The van der Waals surface area contributed by atoms with Crippen LogP contribution in [0.3, 0.4) is 0 Å². The van der Waals surface area contributed by atoms with Crippen LogP contribution in [0.25, 0.3) is 0 Å². The average molecular weight is 212 g/mol. The number of carboxylic acids is 1. The highest BCUT2D eigenvalue weighted by molar-refractivity contribution is 5.88. The third-order valence-corrected chi connectivity index (χ3v) is 1.54. The second-order valence-electron chi connectivity index (χ2n) is 2.83. The molecule has 0 aromatic carbocycles. The van der Waals surface area contributed by atoms with E-state index in [1.165, 1.54) is 0 Å². The number of carbonyl (C=O) groups excluding carboxylic acids is 2. The molecular weight excluding hydrogens is 200 g/mol. The van der Waals surface area contributed by atoms with E-state index < -0.39 is 30.2 Å². The van der Waals surface area contributed by atoms with Crippen LogP contribution in [0.15, 0.2) is 0 Å². The Labute approximate surface area is 86.8 Å². The molecule has 15 heavy (non-hydrogen) atoms. The Morgan fingerprint density at radius 3 is 2.47 bits per heavy atom. The third kappa shape index (κ3) is 6.10. The lowest BCUT2D eigenvalue weighted by Crippen LogP contribution is -2.43. The van der Waals surface area contributed by atoms with Gasteiger partial charge in [0.15, 0.2) is 0 Å². The van der Waals surface area contributed by atoms with Gasteiger partial charge in [0.1, 0.15) is 6.04 Å². The Morgan fingerprint density at radius 1 is 1.47 bits per heavy atom. The Bertz CT molecular complexity index is 306. The SMILES string of the molecule is C#CCCC(=O)NC(CC(N)=O)C(=O)O. The maximum atomic E-state index is 11.1. The van der Waals surface area contributed by atoms with E-state index in [4.69, 9.17) is 17.3 Å². The van der Waals surface area contributed by atoms with Crippen LogP contribution in [0.4, 0.5) is 0 Å². The second-order valence-corrected chi connectivity index (χ2v) is 2.83. The summed E-state index contributed by atoms with van der Waals surface area (Å²) in [6, 6.07) is -1.28. The minimum Gasteiger partial charge on any atom is -0.480 e. The van der Waals surface area contributed by atoms with Crippen molar-refractivity contribution in [2.24, 2.45) is 5.73 Å². The van der Waals surface area contributed by atoms with E-state index in [0.717, 1.165) is 0 Å². The summed E-state index contributed by atoms with van der Waals surface area (Å²) in [4.78, 5) is 32.1. The van der Waals surface area contributed by atoms with E-state index in [1.807, 2.05) is 0 Å². The van der Waals surface area contributed by atoms with Crippen LogP contribution in [-0.2, 0) is 14.4 Å². The number of rotatable bonds is 6. The van der Waals surface area contributed by atoms with Crippen molar-refractivity contribution >= 4 is 17.8 Å². The maximum absolute atomic E-state index is 11.1. The van der Waals surface area contributed by atoms with Crippen molar-refractivity contribution in [2.45, 2.75) is 25.3 Å². The van der Waals surface area contributed by atoms with E-state index in [0.29, 0.717) is 0 Å². The van der Waals surface area contributed by atoms with Gasteiger partial charge in [0.05, 0.1) is 6.42 Å². The van der Waals surface area contributed by atoms with Crippen LogP contribution < -0.4 is 11.1 Å². The number of amides is 2. The van der Waals surface area contributed by atoms with Gasteiger partial charge in [-0.2, -0.15) is 0 Å². The van der Waals surface area contributed by atoms with Crippen LogP contribution in [0.5, 0.6) is 0 Å². The molecule has 0 radical (unpaired) electrons.